The summed E-state index contributed by atoms with van der Waals surface area (Å²) in [5.41, 5.74) is 3.07. The van der Waals surface area contributed by atoms with Crippen LogP contribution in [-0.2, 0) is 13.0 Å². The van der Waals surface area contributed by atoms with Crippen LogP contribution in [0.1, 0.15) is 27.3 Å². The van der Waals surface area contributed by atoms with Crippen LogP contribution in [0, 0.1) is 19.7 Å². The summed E-state index contributed by atoms with van der Waals surface area (Å²) in [6.07, 6.45) is 1.40. The maximum atomic E-state index is 13.2. The number of rotatable bonds is 3. The zero-order valence-electron chi connectivity index (χ0n) is 11.4. The summed E-state index contributed by atoms with van der Waals surface area (Å²) in [6.45, 7) is 4.23. The third-order valence-corrected chi connectivity index (χ3v) is 3.70. The minimum Gasteiger partial charge on any atom is -0.488 e. The molecule has 3 rings (SSSR count). The molecule has 4 nitrogen and oxygen atoms in total. The minimum atomic E-state index is -0.248. The van der Waals surface area contributed by atoms with Crippen molar-refractivity contribution in [1.29, 1.82) is 0 Å². The van der Waals surface area contributed by atoms with Gasteiger partial charge in [-0.2, -0.15) is 5.10 Å². The van der Waals surface area contributed by atoms with E-state index in [0.29, 0.717) is 18.5 Å². The lowest BCUT2D eigenvalue weighted by molar-refractivity contribution is 0.112. The fourth-order valence-corrected chi connectivity index (χ4v) is 2.64. The standard InChI is InChI=1S/C15H15FN2O2/c1-9-14(8-19)10(2)18(17-9)7-13-6-11-5-12(16)3-4-15(11)20-13/h3-5,8,13H,6-7H2,1-2H3. The summed E-state index contributed by atoms with van der Waals surface area (Å²) in [5, 5.41) is 4.36. The van der Waals surface area contributed by atoms with Crippen LogP contribution >= 0.6 is 0 Å². The van der Waals surface area contributed by atoms with Gasteiger partial charge in [0, 0.05) is 17.7 Å². The van der Waals surface area contributed by atoms with Gasteiger partial charge in [-0.25, -0.2) is 4.39 Å². The summed E-state index contributed by atoms with van der Waals surface area (Å²) in [5.74, 6) is 0.482. The number of hydrogen-bond donors (Lipinski definition) is 0. The second-order valence-electron chi connectivity index (χ2n) is 5.08. The highest BCUT2D eigenvalue weighted by atomic mass is 19.1. The highest BCUT2D eigenvalue weighted by molar-refractivity contribution is 5.78. The summed E-state index contributed by atoms with van der Waals surface area (Å²) in [7, 11) is 0. The second-order valence-corrected chi connectivity index (χ2v) is 5.08. The Morgan fingerprint density at radius 2 is 2.30 bits per heavy atom. The number of ether oxygens (including phenoxy) is 1. The molecule has 2 aromatic rings. The first-order valence-corrected chi connectivity index (χ1v) is 6.52. The number of aryl methyl sites for hydroxylation is 1. The second kappa shape index (κ2) is 4.74. The van der Waals surface area contributed by atoms with Crippen molar-refractivity contribution >= 4 is 6.29 Å². The molecule has 1 atom stereocenters. The number of carbonyl (C=O) groups excluding carboxylic acids is 1. The van der Waals surface area contributed by atoms with E-state index in [1.807, 2.05) is 13.8 Å². The van der Waals surface area contributed by atoms with E-state index in [1.165, 1.54) is 12.1 Å². The van der Waals surface area contributed by atoms with Crippen LogP contribution in [0.3, 0.4) is 0 Å². The topological polar surface area (TPSA) is 44.1 Å². The van der Waals surface area contributed by atoms with Gasteiger partial charge < -0.3 is 4.74 Å². The third kappa shape index (κ3) is 2.09. The molecule has 0 fully saturated rings. The average molecular weight is 274 g/mol. The zero-order valence-corrected chi connectivity index (χ0v) is 11.4. The number of fused-ring (bicyclic) bond motifs is 1. The van der Waals surface area contributed by atoms with Crippen molar-refractivity contribution in [2.75, 3.05) is 0 Å². The van der Waals surface area contributed by atoms with Crippen LogP contribution in [0.4, 0.5) is 4.39 Å². The van der Waals surface area contributed by atoms with Crippen molar-refractivity contribution in [2.45, 2.75) is 32.9 Å². The first-order chi connectivity index (χ1) is 9.58. The van der Waals surface area contributed by atoms with E-state index in [9.17, 15) is 9.18 Å². The molecule has 1 unspecified atom stereocenters. The maximum Gasteiger partial charge on any atom is 0.153 e. The molecular formula is C15H15FN2O2. The largest absolute Gasteiger partial charge is 0.488 e. The number of benzene rings is 1. The van der Waals surface area contributed by atoms with E-state index >= 15 is 0 Å². The number of aromatic nitrogens is 2. The SMILES string of the molecule is Cc1nn(CC2Cc3cc(F)ccc3O2)c(C)c1C=O. The number of carbonyl (C=O) groups is 1. The van der Waals surface area contributed by atoms with Crippen LogP contribution in [-0.4, -0.2) is 22.2 Å². The molecule has 104 valence electrons. The minimum absolute atomic E-state index is 0.0793. The number of halogens is 1. The van der Waals surface area contributed by atoms with Crippen LogP contribution in [0.25, 0.3) is 0 Å². The first kappa shape index (κ1) is 12.8. The van der Waals surface area contributed by atoms with Crippen LogP contribution < -0.4 is 4.74 Å². The van der Waals surface area contributed by atoms with Gasteiger partial charge >= 0.3 is 0 Å². The Kier molecular flexibility index (Phi) is 3.04. The lowest BCUT2D eigenvalue weighted by Crippen LogP contribution is -2.22. The Balaban J connectivity index is 1.80. The summed E-state index contributed by atoms with van der Waals surface area (Å²) in [4.78, 5) is 11.0. The van der Waals surface area contributed by atoms with E-state index < -0.39 is 0 Å². The van der Waals surface area contributed by atoms with Gasteiger partial charge in [-0.15, -0.1) is 0 Å². The van der Waals surface area contributed by atoms with Gasteiger partial charge in [0.05, 0.1) is 17.8 Å². The highest BCUT2D eigenvalue weighted by Gasteiger charge is 2.25. The number of nitrogens with zero attached hydrogens (tertiary/aromatic N) is 2. The van der Waals surface area contributed by atoms with Crippen molar-refractivity contribution in [2.24, 2.45) is 0 Å². The lowest BCUT2D eigenvalue weighted by Gasteiger charge is -2.12. The Hall–Kier alpha value is -2.17. The van der Waals surface area contributed by atoms with Crippen molar-refractivity contribution in [3.8, 4) is 5.75 Å². The van der Waals surface area contributed by atoms with Crippen LogP contribution in [0.2, 0.25) is 0 Å². The molecule has 1 aromatic carbocycles. The van der Waals surface area contributed by atoms with Crippen molar-refractivity contribution in [1.82, 2.24) is 9.78 Å². The maximum absolute atomic E-state index is 13.2. The molecule has 1 aliphatic heterocycles. The van der Waals surface area contributed by atoms with E-state index in [1.54, 1.807) is 10.7 Å². The van der Waals surface area contributed by atoms with Crippen molar-refractivity contribution in [3.05, 3.63) is 46.5 Å². The average Bonchev–Trinajstić information content (AvgIpc) is 2.91. The molecule has 1 aliphatic rings. The smallest absolute Gasteiger partial charge is 0.153 e. The monoisotopic (exact) mass is 274 g/mol. The van der Waals surface area contributed by atoms with Gasteiger partial charge in [0.15, 0.2) is 6.29 Å². The number of aldehydes is 1. The molecule has 0 radical (unpaired) electrons. The first-order valence-electron chi connectivity index (χ1n) is 6.52. The summed E-state index contributed by atoms with van der Waals surface area (Å²) < 4.78 is 20.7. The summed E-state index contributed by atoms with van der Waals surface area (Å²) in [6, 6.07) is 4.56. The molecule has 0 saturated carbocycles. The molecule has 2 heterocycles. The van der Waals surface area contributed by atoms with Crippen LogP contribution in [0.5, 0.6) is 5.75 Å². The molecular weight excluding hydrogens is 259 g/mol. The Bertz CT molecular complexity index is 679. The molecule has 0 aliphatic carbocycles. The van der Waals surface area contributed by atoms with Gasteiger partial charge in [0.1, 0.15) is 17.7 Å². The Morgan fingerprint density at radius 1 is 1.50 bits per heavy atom. The molecule has 20 heavy (non-hydrogen) atoms. The van der Waals surface area contributed by atoms with Crippen LogP contribution in [0.15, 0.2) is 18.2 Å². The van der Waals surface area contributed by atoms with Crippen molar-refractivity contribution in [3.63, 3.8) is 0 Å². The fourth-order valence-electron chi connectivity index (χ4n) is 2.64. The van der Waals surface area contributed by atoms with Gasteiger partial charge in [-0.3, -0.25) is 9.48 Å². The van der Waals surface area contributed by atoms with E-state index in [-0.39, 0.29) is 11.9 Å². The van der Waals surface area contributed by atoms with Gasteiger partial charge in [-0.05, 0) is 32.0 Å². The fraction of sp³-hybridized carbons (Fsp3) is 0.333. The molecule has 0 saturated heterocycles. The molecule has 1 aromatic heterocycles. The van der Waals surface area contributed by atoms with E-state index in [2.05, 4.69) is 5.10 Å². The normalized spacial score (nSPS) is 16.9. The Labute approximate surface area is 116 Å². The molecule has 5 heteroatoms. The van der Waals surface area contributed by atoms with E-state index in [0.717, 1.165) is 29.0 Å². The molecule has 0 amide bonds. The van der Waals surface area contributed by atoms with Gasteiger partial charge in [0.25, 0.3) is 0 Å². The molecule has 0 bridgehead atoms. The third-order valence-electron chi connectivity index (χ3n) is 3.70. The molecule has 0 N–H and O–H groups in total. The number of hydrogen-bond acceptors (Lipinski definition) is 3. The lowest BCUT2D eigenvalue weighted by atomic mass is 10.1. The van der Waals surface area contributed by atoms with Gasteiger partial charge in [-0.1, -0.05) is 0 Å². The summed E-state index contributed by atoms with van der Waals surface area (Å²) >= 11 is 0. The zero-order chi connectivity index (χ0) is 14.3. The predicted octanol–water partition coefficient (Wildman–Crippen LogP) is 2.46. The molecule has 0 spiro atoms. The highest BCUT2D eigenvalue weighted by Crippen LogP contribution is 2.30. The quantitative estimate of drug-likeness (QED) is 0.808. The Morgan fingerprint density at radius 3 is 3.00 bits per heavy atom. The van der Waals surface area contributed by atoms with Gasteiger partial charge in [0.2, 0.25) is 0 Å². The predicted molar refractivity (Wildman–Crippen MR) is 71.6 cm³/mol. The van der Waals surface area contributed by atoms with E-state index in [4.69, 9.17) is 4.74 Å². The van der Waals surface area contributed by atoms with Crippen molar-refractivity contribution < 1.29 is 13.9 Å².